The van der Waals surface area contributed by atoms with E-state index < -0.39 is 0 Å². The largest absolute Gasteiger partial charge is 0.379 e. The molecule has 1 fully saturated rings. The minimum atomic E-state index is 0.0458. The first-order valence-electron chi connectivity index (χ1n) is 10.3. The summed E-state index contributed by atoms with van der Waals surface area (Å²) >= 11 is 1.47. The number of hydrogen-bond acceptors (Lipinski definition) is 5. The Labute approximate surface area is 178 Å². The zero-order chi connectivity index (χ0) is 20.8. The Kier molecular flexibility index (Phi) is 7.75. The Morgan fingerprint density at radius 3 is 2.76 bits per heavy atom. The van der Waals surface area contributed by atoms with Crippen molar-refractivity contribution in [3.63, 3.8) is 0 Å². The maximum atomic E-state index is 12.5. The van der Waals surface area contributed by atoms with E-state index in [0.29, 0.717) is 24.3 Å². The van der Waals surface area contributed by atoms with Gasteiger partial charge in [-0.3, -0.25) is 14.3 Å². The molecule has 0 spiro atoms. The quantitative estimate of drug-likeness (QED) is 0.670. The van der Waals surface area contributed by atoms with Crippen molar-refractivity contribution in [1.82, 2.24) is 19.8 Å². The summed E-state index contributed by atoms with van der Waals surface area (Å²) in [5.74, 6) is 0.879. The average molecular weight is 417 g/mol. The fraction of sp³-hybridized carbons (Fsp3) is 0.545. The predicted molar refractivity (Wildman–Crippen MR) is 118 cm³/mol. The molecule has 0 bridgehead atoms. The molecule has 6 nitrogen and oxygen atoms in total. The molecule has 7 heteroatoms. The molecule has 0 radical (unpaired) electrons. The molecular weight excluding hydrogens is 384 g/mol. The zero-order valence-electron chi connectivity index (χ0n) is 17.9. The van der Waals surface area contributed by atoms with Crippen LogP contribution in [0, 0.1) is 19.8 Å². The van der Waals surface area contributed by atoms with Gasteiger partial charge in [0.15, 0.2) is 5.16 Å². The first-order chi connectivity index (χ1) is 14.0. The fourth-order valence-corrected chi connectivity index (χ4v) is 4.45. The molecule has 1 aliphatic heterocycles. The predicted octanol–water partition coefficient (Wildman–Crippen LogP) is 3.05. The highest BCUT2D eigenvalue weighted by Crippen LogP contribution is 2.23. The summed E-state index contributed by atoms with van der Waals surface area (Å²) in [5, 5.41) is 3.96. The third-order valence-corrected chi connectivity index (χ3v) is 6.32. The van der Waals surface area contributed by atoms with Gasteiger partial charge in [0, 0.05) is 38.1 Å². The molecule has 1 aliphatic rings. The van der Waals surface area contributed by atoms with E-state index in [9.17, 15) is 4.79 Å². The van der Waals surface area contributed by atoms with Gasteiger partial charge in [0.1, 0.15) is 0 Å². The van der Waals surface area contributed by atoms with E-state index >= 15 is 0 Å². The SMILES string of the molecule is Cc1ccc(C)c(-n2ccnc2SCC(=O)NCC(C(C)C)N2CCOCC2)c1. The standard InChI is InChI=1S/C22H32N4O2S/c1-16(2)20(25-9-11-28-12-10-25)14-24-21(27)15-29-22-23-7-8-26(22)19-13-17(3)5-6-18(19)4/h5-8,13,16,20H,9-12,14-15H2,1-4H3,(H,24,27). The van der Waals surface area contributed by atoms with Gasteiger partial charge in [-0.1, -0.05) is 37.7 Å². The second-order valence-electron chi connectivity index (χ2n) is 7.92. The number of rotatable bonds is 8. The highest BCUT2D eigenvalue weighted by atomic mass is 32.2. The number of amides is 1. The fourth-order valence-electron chi connectivity index (χ4n) is 3.65. The van der Waals surface area contributed by atoms with E-state index in [4.69, 9.17) is 4.74 Å². The van der Waals surface area contributed by atoms with Gasteiger partial charge in [-0.2, -0.15) is 0 Å². The summed E-state index contributed by atoms with van der Waals surface area (Å²) in [5.41, 5.74) is 3.50. The lowest BCUT2D eigenvalue weighted by Gasteiger charge is -2.36. The molecule has 1 atom stereocenters. The lowest BCUT2D eigenvalue weighted by Crippen LogP contribution is -2.51. The van der Waals surface area contributed by atoms with Crippen molar-refractivity contribution in [1.29, 1.82) is 0 Å². The summed E-state index contributed by atoms with van der Waals surface area (Å²) in [7, 11) is 0. The molecule has 0 aliphatic carbocycles. The van der Waals surface area contributed by atoms with Gasteiger partial charge in [0.2, 0.25) is 5.91 Å². The van der Waals surface area contributed by atoms with Crippen LogP contribution in [0.4, 0.5) is 0 Å². The number of aryl methyl sites for hydroxylation is 2. The Balaban J connectivity index is 1.56. The van der Waals surface area contributed by atoms with Gasteiger partial charge in [0.25, 0.3) is 0 Å². The number of carbonyl (C=O) groups is 1. The van der Waals surface area contributed by atoms with Crippen LogP contribution in [0.2, 0.25) is 0 Å². The van der Waals surface area contributed by atoms with Crippen LogP contribution < -0.4 is 5.32 Å². The van der Waals surface area contributed by atoms with E-state index in [1.165, 1.54) is 22.9 Å². The van der Waals surface area contributed by atoms with Crippen LogP contribution in [0.25, 0.3) is 5.69 Å². The van der Waals surface area contributed by atoms with Gasteiger partial charge in [0.05, 0.1) is 24.7 Å². The van der Waals surface area contributed by atoms with Crippen molar-refractivity contribution in [3.05, 3.63) is 41.7 Å². The number of nitrogens with one attached hydrogen (secondary N) is 1. The molecular formula is C22H32N4O2S. The van der Waals surface area contributed by atoms with E-state index in [1.54, 1.807) is 6.20 Å². The second-order valence-corrected chi connectivity index (χ2v) is 8.86. The molecule has 3 rings (SSSR count). The van der Waals surface area contributed by atoms with Gasteiger partial charge < -0.3 is 10.1 Å². The summed E-state index contributed by atoms with van der Waals surface area (Å²) < 4.78 is 7.52. The van der Waals surface area contributed by atoms with Crippen molar-refractivity contribution < 1.29 is 9.53 Å². The van der Waals surface area contributed by atoms with Gasteiger partial charge in [-0.05, 0) is 37.0 Å². The Bertz CT molecular complexity index is 815. The molecule has 1 aromatic heterocycles. The van der Waals surface area contributed by atoms with Crippen molar-refractivity contribution in [2.45, 2.75) is 38.9 Å². The maximum absolute atomic E-state index is 12.5. The van der Waals surface area contributed by atoms with E-state index in [1.807, 2.05) is 6.20 Å². The van der Waals surface area contributed by atoms with Crippen molar-refractivity contribution in [3.8, 4) is 5.69 Å². The summed E-state index contributed by atoms with van der Waals surface area (Å²) in [6.07, 6.45) is 3.74. The number of nitrogens with zero attached hydrogens (tertiary/aromatic N) is 3. The number of imidazole rings is 1. The van der Waals surface area contributed by atoms with Crippen LogP contribution in [0.3, 0.4) is 0 Å². The molecule has 1 N–H and O–H groups in total. The topological polar surface area (TPSA) is 59.4 Å². The highest BCUT2D eigenvalue weighted by molar-refractivity contribution is 7.99. The van der Waals surface area contributed by atoms with Crippen LogP contribution in [-0.4, -0.2) is 65.0 Å². The van der Waals surface area contributed by atoms with Crippen LogP contribution in [0.15, 0.2) is 35.7 Å². The molecule has 2 heterocycles. The molecule has 1 aromatic carbocycles. The number of thioether (sulfide) groups is 1. The number of aromatic nitrogens is 2. The minimum absolute atomic E-state index is 0.0458. The van der Waals surface area contributed by atoms with Crippen LogP contribution >= 0.6 is 11.8 Å². The molecule has 1 unspecified atom stereocenters. The van der Waals surface area contributed by atoms with Crippen LogP contribution in [-0.2, 0) is 9.53 Å². The minimum Gasteiger partial charge on any atom is -0.379 e. The monoisotopic (exact) mass is 416 g/mol. The molecule has 1 saturated heterocycles. The van der Waals surface area contributed by atoms with E-state index in [2.05, 4.69) is 65.7 Å². The zero-order valence-corrected chi connectivity index (χ0v) is 18.7. The average Bonchev–Trinajstić information content (AvgIpc) is 3.17. The third-order valence-electron chi connectivity index (χ3n) is 5.36. The van der Waals surface area contributed by atoms with Gasteiger partial charge >= 0.3 is 0 Å². The van der Waals surface area contributed by atoms with Crippen molar-refractivity contribution in [2.24, 2.45) is 5.92 Å². The maximum Gasteiger partial charge on any atom is 0.230 e. The number of carbonyl (C=O) groups excluding carboxylic acids is 1. The van der Waals surface area contributed by atoms with Crippen LogP contribution in [0.5, 0.6) is 0 Å². The normalized spacial score (nSPS) is 16.2. The molecule has 29 heavy (non-hydrogen) atoms. The van der Waals surface area contributed by atoms with Gasteiger partial charge in [-0.25, -0.2) is 4.98 Å². The Morgan fingerprint density at radius 1 is 1.28 bits per heavy atom. The number of ether oxygens (including phenoxy) is 1. The summed E-state index contributed by atoms with van der Waals surface area (Å²) in [6, 6.07) is 6.71. The summed E-state index contributed by atoms with van der Waals surface area (Å²) in [6.45, 7) is 12.7. The molecule has 158 valence electrons. The first-order valence-corrected chi connectivity index (χ1v) is 11.3. The smallest absolute Gasteiger partial charge is 0.230 e. The van der Waals surface area contributed by atoms with E-state index in [-0.39, 0.29) is 5.91 Å². The van der Waals surface area contributed by atoms with E-state index in [0.717, 1.165) is 37.1 Å². The molecule has 2 aromatic rings. The number of morpholine rings is 1. The third kappa shape index (κ3) is 5.84. The number of hydrogen-bond donors (Lipinski definition) is 1. The lowest BCUT2D eigenvalue weighted by molar-refractivity contribution is -0.119. The van der Waals surface area contributed by atoms with Crippen molar-refractivity contribution in [2.75, 3.05) is 38.6 Å². The molecule has 1 amide bonds. The van der Waals surface area contributed by atoms with Crippen molar-refractivity contribution >= 4 is 17.7 Å². The Morgan fingerprint density at radius 2 is 2.03 bits per heavy atom. The Hall–Kier alpha value is -1.83. The first kappa shape index (κ1) is 21.9. The lowest BCUT2D eigenvalue weighted by atomic mass is 10.0. The van der Waals surface area contributed by atoms with Crippen LogP contribution in [0.1, 0.15) is 25.0 Å². The molecule has 0 saturated carbocycles. The van der Waals surface area contributed by atoms with Gasteiger partial charge in [-0.15, -0.1) is 0 Å². The number of benzene rings is 1. The summed E-state index contributed by atoms with van der Waals surface area (Å²) in [4.78, 5) is 19.4. The highest BCUT2D eigenvalue weighted by Gasteiger charge is 2.24. The second kappa shape index (κ2) is 10.3.